The van der Waals surface area contributed by atoms with Crippen LogP contribution in [0.2, 0.25) is 0 Å². The minimum absolute atomic E-state index is 0.211. The molecule has 1 aliphatic carbocycles. The molecular weight excluding hydrogens is 276 g/mol. The van der Waals surface area contributed by atoms with Crippen molar-refractivity contribution in [1.29, 1.82) is 0 Å². The molecule has 0 aliphatic heterocycles. The van der Waals surface area contributed by atoms with Gasteiger partial charge in [-0.15, -0.1) is 0 Å². The predicted octanol–water partition coefficient (Wildman–Crippen LogP) is 3.03. The lowest BCUT2D eigenvalue weighted by Crippen LogP contribution is -2.44. The number of hydrogen-bond donors (Lipinski definition) is 3. The number of carbonyl (C=O) groups is 1. The molecule has 22 heavy (non-hydrogen) atoms. The van der Waals surface area contributed by atoms with E-state index >= 15 is 0 Å². The largest absolute Gasteiger partial charge is 0.383 e. The summed E-state index contributed by atoms with van der Waals surface area (Å²) in [5.41, 5.74) is 1.85. The molecule has 0 aromatic heterocycles. The molecule has 2 amide bonds. The second-order valence-corrected chi connectivity index (χ2v) is 5.72. The Kier molecular flexibility index (Phi) is 4.11. The lowest BCUT2D eigenvalue weighted by molar-refractivity contribution is 0.0221. The minimum atomic E-state index is -0.983. The Morgan fingerprint density at radius 3 is 2.64 bits per heavy atom. The van der Waals surface area contributed by atoms with Crippen molar-refractivity contribution in [1.82, 2.24) is 5.32 Å². The van der Waals surface area contributed by atoms with Crippen molar-refractivity contribution in [3.8, 4) is 0 Å². The minimum Gasteiger partial charge on any atom is -0.383 e. The van der Waals surface area contributed by atoms with Crippen molar-refractivity contribution in [2.75, 3.05) is 11.9 Å². The van der Waals surface area contributed by atoms with Gasteiger partial charge in [0.2, 0.25) is 0 Å². The van der Waals surface area contributed by atoms with E-state index in [0.717, 1.165) is 24.1 Å². The SMILES string of the molecule is O=C(NCC1(O)CCCc2ccccc21)Nc1ccccc1. The number of fused-ring (bicyclic) bond motifs is 1. The van der Waals surface area contributed by atoms with Crippen LogP contribution in [-0.4, -0.2) is 17.7 Å². The first kappa shape index (κ1) is 14.6. The number of hydrogen-bond acceptors (Lipinski definition) is 2. The van der Waals surface area contributed by atoms with Crippen LogP contribution in [0.3, 0.4) is 0 Å². The first-order chi connectivity index (χ1) is 10.7. The molecule has 1 atom stereocenters. The van der Waals surface area contributed by atoms with Gasteiger partial charge in [-0.3, -0.25) is 0 Å². The highest BCUT2D eigenvalue weighted by atomic mass is 16.3. The number of amides is 2. The Hall–Kier alpha value is -2.33. The summed E-state index contributed by atoms with van der Waals surface area (Å²) >= 11 is 0. The third-order valence-electron chi connectivity index (χ3n) is 4.13. The number of aryl methyl sites for hydroxylation is 1. The van der Waals surface area contributed by atoms with E-state index in [1.54, 1.807) is 0 Å². The Bertz CT molecular complexity index is 657. The summed E-state index contributed by atoms with van der Waals surface area (Å²) in [4.78, 5) is 12.0. The van der Waals surface area contributed by atoms with Crippen molar-refractivity contribution >= 4 is 11.7 Å². The highest BCUT2D eigenvalue weighted by molar-refractivity contribution is 5.89. The van der Waals surface area contributed by atoms with Gasteiger partial charge in [0.15, 0.2) is 0 Å². The summed E-state index contributed by atoms with van der Waals surface area (Å²) in [5, 5.41) is 16.4. The van der Waals surface area contributed by atoms with Gasteiger partial charge in [0.25, 0.3) is 0 Å². The number of para-hydroxylation sites is 1. The van der Waals surface area contributed by atoms with Gasteiger partial charge in [-0.05, 0) is 42.5 Å². The van der Waals surface area contributed by atoms with E-state index < -0.39 is 5.60 Å². The van der Waals surface area contributed by atoms with Crippen LogP contribution in [0, 0.1) is 0 Å². The zero-order valence-electron chi connectivity index (χ0n) is 12.4. The van der Waals surface area contributed by atoms with Gasteiger partial charge in [0.05, 0.1) is 6.54 Å². The molecule has 0 saturated heterocycles. The number of aliphatic hydroxyl groups is 1. The van der Waals surface area contributed by atoms with E-state index in [1.165, 1.54) is 5.56 Å². The Balaban J connectivity index is 1.65. The van der Waals surface area contributed by atoms with Crippen LogP contribution in [-0.2, 0) is 12.0 Å². The van der Waals surface area contributed by atoms with Gasteiger partial charge in [-0.1, -0.05) is 42.5 Å². The molecule has 0 heterocycles. The predicted molar refractivity (Wildman–Crippen MR) is 86.7 cm³/mol. The Morgan fingerprint density at radius 1 is 1.09 bits per heavy atom. The molecule has 0 fully saturated rings. The van der Waals surface area contributed by atoms with Gasteiger partial charge in [-0.2, -0.15) is 0 Å². The fourth-order valence-electron chi connectivity index (χ4n) is 3.01. The van der Waals surface area contributed by atoms with Crippen LogP contribution >= 0.6 is 0 Å². The Morgan fingerprint density at radius 2 is 1.82 bits per heavy atom. The van der Waals surface area contributed by atoms with Crippen LogP contribution in [0.25, 0.3) is 0 Å². The molecule has 0 bridgehead atoms. The average molecular weight is 296 g/mol. The van der Waals surface area contributed by atoms with E-state index in [1.807, 2.05) is 54.6 Å². The second-order valence-electron chi connectivity index (χ2n) is 5.72. The van der Waals surface area contributed by atoms with Crippen molar-refractivity contribution in [3.63, 3.8) is 0 Å². The Labute approximate surface area is 130 Å². The smallest absolute Gasteiger partial charge is 0.319 e. The van der Waals surface area contributed by atoms with E-state index in [9.17, 15) is 9.90 Å². The van der Waals surface area contributed by atoms with Crippen molar-refractivity contribution < 1.29 is 9.90 Å². The first-order valence-electron chi connectivity index (χ1n) is 7.58. The summed E-state index contributed by atoms with van der Waals surface area (Å²) in [5.74, 6) is 0. The van der Waals surface area contributed by atoms with Gasteiger partial charge in [0, 0.05) is 5.69 Å². The number of rotatable bonds is 3. The van der Waals surface area contributed by atoms with Crippen LogP contribution in [0.5, 0.6) is 0 Å². The summed E-state index contributed by atoms with van der Waals surface area (Å²) in [6.07, 6.45) is 2.57. The second kappa shape index (κ2) is 6.20. The van der Waals surface area contributed by atoms with Gasteiger partial charge >= 0.3 is 6.03 Å². The third-order valence-corrected chi connectivity index (χ3v) is 4.13. The zero-order chi connectivity index (χ0) is 15.4. The average Bonchev–Trinajstić information content (AvgIpc) is 2.55. The molecule has 114 valence electrons. The first-order valence-corrected chi connectivity index (χ1v) is 7.58. The molecule has 0 radical (unpaired) electrons. The molecule has 0 saturated carbocycles. The maximum atomic E-state index is 12.0. The van der Waals surface area contributed by atoms with E-state index in [-0.39, 0.29) is 12.6 Å². The molecule has 1 unspecified atom stereocenters. The summed E-state index contributed by atoms with van der Waals surface area (Å²) in [6.45, 7) is 0.211. The van der Waals surface area contributed by atoms with Crippen molar-refractivity contribution in [2.45, 2.75) is 24.9 Å². The highest BCUT2D eigenvalue weighted by Crippen LogP contribution is 2.34. The fourth-order valence-corrected chi connectivity index (χ4v) is 3.01. The molecule has 0 spiro atoms. The topological polar surface area (TPSA) is 61.4 Å². The van der Waals surface area contributed by atoms with Crippen LogP contribution in [0.1, 0.15) is 24.0 Å². The lowest BCUT2D eigenvalue weighted by atomic mass is 9.79. The van der Waals surface area contributed by atoms with Gasteiger partial charge < -0.3 is 15.7 Å². The molecule has 2 aromatic rings. The van der Waals surface area contributed by atoms with Crippen LogP contribution in [0.4, 0.5) is 10.5 Å². The van der Waals surface area contributed by atoms with E-state index in [4.69, 9.17) is 0 Å². The van der Waals surface area contributed by atoms with Crippen molar-refractivity contribution in [3.05, 3.63) is 65.7 Å². The zero-order valence-corrected chi connectivity index (χ0v) is 12.4. The normalized spacial score (nSPS) is 20.0. The highest BCUT2D eigenvalue weighted by Gasteiger charge is 2.34. The summed E-state index contributed by atoms with van der Waals surface area (Å²) in [7, 11) is 0. The maximum absolute atomic E-state index is 12.0. The molecule has 1 aliphatic rings. The van der Waals surface area contributed by atoms with E-state index in [2.05, 4.69) is 10.6 Å². The number of benzene rings is 2. The monoisotopic (exact) mass is 296 g/mol. The van der Waals surface area contributed by atoms with E-state index in [0.29, 0.717) is 6.42 Å². The number of urea groups is 1. The molecule has 4 nitrogen and oxygen atoms in total. The third kappa shape index (κ3) is 3.12. The maximum Gasteiger partial charge on any atom is 0.319 e. The fraction of sp³-hybridized carbons (Fsp3) is 0.278. The number of carbonyl (C=O) groups excluding carboxylic acids is 1. The quantitative estimate of drug-likeness (QED) is 0.815. The van der Waals surface area contributed by atoms with Crippen LogP contribution < -0.4 is 10.6 Å². The number of anilines is 1. The summed E-state index contributed by atoms with van der Waals surface area (Å²) in [6, 6.07) is 16.9. The lowest BCUT2D eigenvalue weighted by Gasteiger charge is -2.34. The van der Waals surface area contributed by atoms with Crippen molar-refractivity contribution in [2.24, 2.45) is 0 Å². The standard InChI is InChI=1S/C18H20N2O2/c21-17(20-15-9-2-1-3-10-15)19-13-18(22)12-6-8-14-7-4-5-11-16(14)18/h1-5,7,9-11,22H,6,8,12-13H2,(H2,19,20,21). The molecular formula is C18H20N2O2. The molecule has 2 aromatic carbocycles. The van der Waals surface area contributed by atoms with Gasteiger partial charge in [0.1, 0.15) is 5.60 Å². The number of nitrogens with one attached hydrogen (secondary N) is 2. The van der Waals surface area contributed by atoms with Gasteiger partial charge in [-0.25, -0.2) is 4.79 Å². The molecule has 4 heteroatoms. The van der Waals surface area contributed by atoms with Crippen LogP contribution in [0.15, 0.2) is 54.6 Å². The molecule has 3 rings (SSSR count). The molecule has 3 N–H and O–H groups in total. The summed E-state index contributed by atoms with van der Waals surface area (Å²) < 4.78 is 0.